The zero-order valence-electron chi connectivity index (χ0n) is 16.6. The molecule has 7 heteroatoms. The van der Waals surface area contributed by atoms with Crippen molar-refractivity contribution in [2.24, 2.45) is 0 Å². The molecule has 0 aliphatic rings. The summed E-state index contributed by atoms with van der Waals surface area (Å²) < 4.78 is 2.00. The summed E-state index contributed by atoms with van der Waals surface area (Å²) in [7, 11) is 0. The number of rotatable bonds is 6. The van der Waals surface area contributed by atoms with Crippen molar-refractivity contribution in [3.05, 3.63) is 99.6 Å². The molecule has 6 nitrogen and oxygen atoms in total. The van der Waals surface area contributed by atoms with E-state index in [1.165, 1.54) is 28.8 Å². The van der Waals surface area contributed by atoms with Crippen LogP contribution in [-0.2, 0) is 5.75 Å². The van der Waals surface area contributed by atoms with Crippen LogP contribution in [0.4, 0.5) is 5.69 Å². The summed E-state index contributed by atoms with van der Waals surface area (Å²) in [4.78, 5) is 10.6. The van der Waals surface area contributed by atoms with Crippen LogP contribution in [-0.4, -0.2) is 19.7 Å². The van der Waals surface area contributed by atoms with Gasteiger partial charge in [-0.3, -0.25) is 14.7 Å². The molecule has 1 aromatic heterocycles. The van der Waals surface area contributed by atoms with Crippen molar-refractivity contribution in [1.82, 2.24) is 14.8 Å². The number of aromatic nitrogens is 3. The van der Waals surface area contributed by atoms with Crippen LogP contribution < -0.4 is 0 Å². The Morgan fingerprint density at radius 1 is 0.967 bits per heavy atom. The molecule has 4 aromatic rings. The normalized spacial score (nSPS) is 10.9. The maximum absolute atomic E-state index is 11.0. The fraction of sp³-hybridized carbons (Fsp3) is 0.130. The predicted octanol–water partition coefficient (Wildman–Crippen LogP) is 5.75. The highest BCUT2D eigenvalue weighted by atomic mass is 32.2. The van der Waals surface area contributed by atoms with Gasteiger partial charge in [0.2, 0.25) is 0 Å². The van der Waals surface area contributed by atoms with Gasteiger partial charge in [0.05, 0.1) is 4.92 Å². The fourth-order valence-corrected chi connectivity index (χ4v) is 4.21. The molecule has 0 saturated carbocycles. The standard InChI is InChI=1S/C23H20N4O2S/c1-16-8-9-17(2)19(14-16)15-30-23-25-24-22(26(23)20-6-4-3-5-7-20)18-10-12-21(13-11-18)27(28)29/h3-14H,15H2,1-2H3. The highest BCUT2D eigenvalue weighted by Gasteiger charge is 2.17. The summed E-state index contributed by atoms with van der Waals surface area (Å²) in [5.41, 5.74) is 5.50. The highest BCUT2D eigenvalue weighted by molar-refractivity contribution is 7.98. The predicted molar refractivity (Wildman–Crippen MR) is 119 cm³/mol. The summed E-state index contributed by atoms with van der Waals surface area (Å²) in [5, 5.41) is 20.6. The Morgan fingerprint density at radius 2 is 1.70 bits per heavy atom. The van der Waals surface area contributed by atoms with Gasteiger partial charge in [0.25, 0.3) is 5.69 Å². The summed E-state index contributed by atoms with van der Waals surface area (Å²) in [6, 6.07) is 22.7. The lowest BCUT2D eigenvalue weighted by Crippen LogP contribution is -2.00. The molecular weight excluding hydrogens is 396 g/mol. The van der Waals surface area contributed by atoms with Crippen LogP contribution in [0.15, 0.2) is 78.0 Å². The van der Waals surface area contributed by atoms with E-state index in [1.54, 1.807) is 23.9 Å². The first-order valence-corrected chi connectivity index (χ1v) is 10.5. The third kappa shape index (κ3) is 4.11. The van der Waals surface area contributed by atoms with Crippen molar-refractivity contribution in [2.45, 2.75) is 24.8 Å². The molecule has 0 N–H and O–H groups in total. The fourth-order valence-electron chi connectivity index (χ4n) is 3.19. The van der Waals surface area contributed by atoms with Gasteiger partial charge < -0.3 is 0 Å². The van der Waals surface area contributed by atoms with Crippen molar-refractivity contribution in [3.8, 4) is 17.1 Å². The zero-order valence-corrected chi connectivity index (χ0v) is 17.5. The molecule has 0 aliphatic heterocycles. The van der Waals surface area contributed by atoms with Gasteiger partial charge in [0.1, 0.15) is 0 Å². The monoisotopic (exact) mass is 416 g/mol. The lowest BCUT2D eigenvalue weighted by atomic mass is 10.1. The van der Waals surface area contributed by atoms with Crippen LogP contribution in [0.25, 0.3) is 17.1 Å². The molecule has 3 aromatic carbocycles. The van der Waals surface area contributed by atoms with Gasteiger partial charge in [-0.05, 0) is 49.2 Å². The van der Waals surface area contributed by atoms with Crippen LogP contribution in [0.2, 0.25) is 0 Å². The minimum Gasteiger partial charge on any atom is -0.270 e. The number of nitro groups is 1. The van der Waals surface area contributed by atoms with Gasteiger partial charge in [-0.2, -0.15) is 0 Å². The number of aryl methyl sites for hydroxylation is 2. The topological polar surface area (TPSA) is 73.8 Å². The van der Waals surface area contributed by atoms with E-state index in [1.807, 2.05) is 34.9 Å². The average Bonchev–Trinajstić information content (AvgIpc) is 3.19. The number of para-hydroxylation sites is 1. The molecule has 0 atom stereocenters. The Bertz CT molecular complexity index is 1190. The second kappa shape index (κ2) is 8.51. The SMILES string of the molecule is Cc1ccc(C)c(CSc2nnc(-c3ccc([N+](=O)[O-])cc3)n2-c2ccccc2)c1. The van der Waals surface area contributed by atoms with Crippen molar-refractivity contribution >= 4 is 17.4 Å². The van der Waals surface area contributed by atoms with E-state index in [0.29, 0.717) is 5.82 Å². The van der Waals surface area contributed by atoms with Crippen molar-refractivity contribution in [3.63, 3.8) is 0 Å². The van der Waals surface area contributed by atoms with Crippen LogP contribution in [0.1, 0.15) is 16.7 Å². The van der Waals surface area contributed by atoms with Crippen LogP contribution in [0.5, 0.6) is 0 Å². The Hall–Kier alpha value is -3.45. The second-order valence-corrected chi connectivity index (χ2v) is 7.94. The number of nitrogens with zero attached hydrogens (tertiary/aromatic N) is 4. The van der Waals surface area contributed by atoms with E-state index in [2.05, 4.69) is 42.2 Å². The van der Waals surface area contributed by atoms with E-state index in [-0.39, 0.29) is 5.69 Å². The molecule has 0 saturated heterocycles. The maximum atomic E-state index is 11.0. The van der Waals surface area contributed by atoms with Gasteiger partial charge in [-0.1, -0.05) is 53.7 Å². The molecule has 0 unspecified atom stereocenters. The van der Waals surface area contributed by atoms with E-state index >= 15 is 0 Å². The first-order valence-electron chi connectivity index (χ1n) is 9.47. The summed E-state index contributed by atoms with van der Waals surface area (Å²) >= 11 is 1.62. The molecule has 0 fully saturated rings. The molecule has 0 spiro atoms. The summed E-state index contributed by atoms with van der Waals surface area (Å²) in [6.45, 7) is 4.20. The molecule has 150 valence electrons. The Morgan fingerprint density at radius 3 is 2.40 bits per heavy atom. The second-order valence-electron chi connectivity index (χ2n) is 7.00. The number of non-ortho nitro benzene ring substituents is 1. The molecular formula is C23H20N4O2S. The Labute approximate surface area is 178 Å². The Balaban J connectivity index is 1.72. The summed E-state index contributed by atoms with van der Waals surface area (Å²) in [6.07, 6.45) is 0. The minimum absolute atomic E-state index is 0.0500. The minimum atomic E-state index is -0.406. The molecule has 0 radical (unpaired) electrons. The molecule has 4 rings (SSSR count). The van der Waals surface area contributed by atoms with Crippen molar-refractivity contribution in [2.75, 3.05) is 0 Å². The highest BCUT2D eigenvalue weighted by Crippen LogP contribution is 2.31. The third-order valence-corrected chi connectivity index (χ3v) is 5.82. The van der Waals surface area contributed by atoms with E-state index in [0.717, 1.165) is 22.2 Å². The van der Waals surface area contributed by atoms with Gasteiger partial charge in [-0.15, -0.1) is 10.2 Å². The zero-order chi connectivity index (χ0) is 21.1. The first-order chi connectivity index (χ1) is 14.5. The maximum Gasteiger partial charge on any atom is 0.269 e. The number of nitro benzene ring substituents is 1. The van der Waals surface area contributed by atoms with Gasteiger partial charge in [0.15, 0.2) is 11.0 Å². The summed E-state index contributed by atoms with van der Waals surface area (Å²) in [5.74, 6) is 1.43. The van der Waals surface area contributed by atoms with E-state index in [9.17, 15) is 10.1 Å². The third-order valence-electron chi connectivity index (χ3n) is 4.85. The lowest BCUT2D eigenvalue weighted by molar-refractivity contribution is -0.384. The number of benzene rings is 3. The van der Waals surface area contributed by atoms with Crippen LogP contribution in [0, 0.1) is 24.0 Å². The van der Waals surface area contributed by atoms with Gasteiger partial charge in [0, 0.05) is 29.1 Å². The smallest absolute Gasteiger partial charge is 0.269 e. The Kier molecular flexibility index (Phi) is 5.63. The number of hydrogen-bond acceptors (Lipinski definition) is 5. The largest absolute Gasteiger partial charge is 0.270 e. The number of thioether (sulfide) groups is 1. The van der Waals surface area contributed by atoms with Gasteiger partial charge >= 0.3 is 0 Å². The van der Waals surface area contributed by atoms with E-state index < -0.39 is 4.92 Å². The van der Waals surface area contributed by atoms with Crippen molar-refractivity contribution in [1.29, 1.82) is 0 Å². The molecule has 30 heavy (non-hydrogen) atoms. The molecule has 0 amide bonds. The molecule has 0 aliphatic carbocycles. The number of hydrogen-bond donors (Lipinski definition) is 0. The molecule has 1 heterocycles. The van der Waals surface area contributed by atoms with E-state index in [4.69, 9.17) is 0 Å². The van der Waals surface area contributed by atoms with Crippen LogP contribution >= 0.6 is 11.8 Å². The first kappa shape index (κ1) is 19.8. The van der Waals surface area contributed by atoms with Crippen LogP contribution in [0.3, 0.4) is 0 Å². The lowest BCUT2D eigenvalue weighted by Gasteiger charge is -2.11. The van der Waals surface area contributed by atoms with Crippen molar-refractivity contribution < 1.29 is 4.92 Å². The molecule has 0 bridgehead atoms. The van der Waals surface area contributed by atoms with Gasteiger partial charge in [-0.25, -0.2) is 0 Å². The average molecular weight is 417 g/mol. The quantitative estimate of drug-likeness (QED) is 0.227.